The molecule has 8 heteroatoms. The number of rotatable bonds is 5. The topological polar surface area (TPSA) is 117 Å². The van der Waals surface area contributed by atoms with Crippen molar-refractivity contribution in [3.05, 3.63) is 68.1 Å². The summed E-state index contributed by atoms with van der Waals surface area (Å²) < 4.78 is 6.15. The number of hydrogen-bond donors (Lipinski definition) is 1. The normalized spacial score (nSPS) is 10.2. The molecule has 1 aromatic carbocycles. The van der Waals surface area contributed by atoms with Crippen molar-refractivity contribution in [1.82, 2.24) is 4.57 Å². The van der Waals surface area contributed by atoms with E-state index in [9.17, 15) is 19.7 Å². The van der Waals surface area contributed by atoms with Crippen LogP contribution in [0.3, 0.4) is 0 Å². The minimum absolute atomic E-state index is 0.0536. The number of nitro groups is 1. The van der Waals surface area contributed by atoms with E-state index in [1.165, 1.54) is 7.11 Å². The van der Waals surface area contributed by atoms with Crippen molar-refractivity contribution in [1.29, 1.82) is 0 Å². The SMILES string of the molecule is COc1cccc(Cn2cc([N+](=O)[O-])cc(C(N)=O)c2=O)c1. The number of amides is 1. The van der Waals surface area contributed by atoms with Crippen LogP contribution in [0.15, 0.2) is 41.3 Å². The van der Waals surface area contributed by atoms with Gasteiger partial charge in [0.25, 0.3) is 17.2 Å². The molecule has 1 heterocycles. The van der Waals surface area contributed by atoms with Crippen molar-refractivity contribution < 1.29 is 14.5 Å². The Bertz CT molecular complexity index is 797. The van der Waals surface area contributed by atoms with E-state index in [1.54, 1.807) is 24.3 Å². The Hall–Kier alpha value is -3.16. The van der Waals surface area contributed by atoms with Crippen LogP contribution in [0.4, 0.5) is 5.69 Å². The number of carbonyl (C=O) groups is 1. The Labute approximate surface area is 124 Å². The summed E-state index contributed by atoms with van der Waals surface area (Å²) in [6.45, 7) is 0.0536. The van der Waals surface area contributed by atoms with Gasteiger partial charge >= 0.3 is 0 Å². The number of pyridine rings is 1. The van der Waals surface area contributed by atoms with E-state index in [-0.39, 0.29) is 12.2 Å². The third-order valence-corrected chi connectivity index (χ3v) is 3.03. The third kappa shape index (κ3) is 3.11. The van der Waals surface area contributed by atoms with Crippen LogP contribution in [0.1, 0.15) is 15.9 Å². The number of aromatic nitrogens is 1. The van der Waals surface area contributed by atoms with Crippen LogP contribution < -0.4 is 16.0 Å². The molecule has 1 amide bonds. The zero-order valence-electron chi connectivity index (χ0n) is 11.7. The quantitative estimate of drug-likeness (QED) is 0.650. The number of ether oxygens (including phenoxy) is 1. The molecular weight excluding hydrogens is 290 g/mol. The lowest BCUT2D eigenvalue weighted by Crippen LogP contribution is -2.30. The number of nitrogens with zero attached hydrogens (tertiary/aromatic N) is 2. The monoisotopic (exact) mass is 303 g/mol. The lowest BCUT2D eigenvalue weighted by atomic mass is 10.2. The molecule has 2 N–H and O–H groups in total. The summed E-state index contributed by atoms with van der Waals surface area (Å²) in [4.78, 5) is 33.6. The predicted molar refractivity (Wildman–Crippen MR) is 78.0 cm³/mol. The number of primary amides is 1. The lowest BCUT2D eigenvalue weighted by Gasteiger charge is -2.08. The molecule has 0 radical (unpaired) electrons. The van der Waals surface area contributed by atoms with E-state index in [1.807, 2.05) is 0 Å². The van der Waals surface area contributed by atoms with E-state index in [0.717, 1.165) is 16.8 Å². The van der Waals surface area contributed by atoms with Crippen molar-refractivity contribution in [3.63, 3.8) is 0 Å². The molecule has 0 aliphatic rings. The van der Waals surface area contributed by atoms with Gasteiger partial charge in [-0.2, -0.15) is 0 Å². The van der Waals surface area contributed by atoms with Gasteiger partial charge < -0.3 is 15.0 Å². The highest BCUT2D eigenvalue weighted by Crippen LogP contribution is 2.15. The maximum absolute atomic E-state index is 12.2. The number of carbonyl (C=O) groups excluding carboxylic acids is 1. The van der Waals surface area contributed by atoms with Gasteiger partial charge in [0.2, 0.25) is 0 Å². The minimum atomic E-state index is -1.01. The zero-order valence-corrected chi connectivity index (χ0v) is 11.7. The fourth-order valence-electron chi connectivity index (χ4n) is 1.98. The first-order chi connectivity index (χ1) is 10.4. The van der Waals surface area contributed by atoms with Crippen molar-refractivity contribution >= 4 is 11.6 Å². The molecule has 0 bridgehead atoms. The molecule has 0 atom stereocenters. The van der Waals surface area contributed by atoms with Gasteiger partial charge in [0.15, 0.2) is 0 Å². The number of hydrogen-bond acceptors (Lipinski definition) is 5. The fourth-order valence-corrected chi connectivity index (χ4v) is 1.98. The Morgan fingerprint density at radius 1 is 1.41 bits per heavy atom. The van der Waals surface area contributed by atoms with Crippen molar-refractivity contribution in [2.75, 3.05) is 7.11 Å². The predicted octanol–water partition coefficient (Wildman–Crippen LogP) is 0.912. The van der Waals surface area contributed by atoms with Crippen LogP contribution in [0, 0.1) is 10.1 Å². The first kappa shape index (κ1) is 15.2. The highest BCUT2D eigenvalue weighted by molar-refractivity contribution is 5.92. The molecule has 0 fully saturated rings. The van der Waals surface area contributed by atoms with Crippen LogP contribution in [0.5, 0.6) is 5.75 Å². The summed E-state index contributed by atoms with van der Waals surface area (Å²) in [6.07, 6.45) is 1.08. The lowest BCUT2D eigenvalue weighted by molar-refractivity contribution is -0.385. The molecule has 0 saturated heterocycles. The Balaban J connectivity index is 2.51. The molecule has 114 valence electrons. The minimum Gasteiger partial charge on any atom is -0.497 e. The van der Waals surface area contributed by atoms with Crippen LogP contribution in [-0.4, -0.2) is 22.5 Å². The number of methoxy groups -OCH3 is 1. The maximum Gasteiger partial charge on any atom is 0.286 e. The summed E-state index contributed by atoms with van der Waals surface area (Å²) in [7, 11) is 1.50. The van der Waals surface area contributed by atoms with Crippen LogP contribution in [0.2, 0.25) is 0 Å². The van der Waals surface area contributed by atoms with Crippen molar-refractivity contribution in [2.24, 2.45) is 5.73 Å². The molecule has 8 nitrogen and oxygen atoms in total. The van der Waals surface area contributed by atoms with Crippen LogP contribution in [0.25, 0.3) is 0 Å². The standard InChI is InChI=1S/C14H13N3O5/c1-22-11-4-2-3-9(5-11)7-16-8-10(17(20)21)6-12(13(15)18)14(16)19/h2-6,8H,7H2,1H3,(H2,15,18). The number of nitrogens with two attached hydrogens (primary N) is 1. The van der Waals surface area contributed by atoms with Gasteiger partial charge in [-0.3, -0.25) is 19.7 Å². The molecule has 2 rings (SSSR count). The van der Waals surface area contributed by atoms with Gasteiger partial charge in [0.1, 0.15) is 11.3 Å². The van der Waals surface area contributed by atoms with Gasteiger partial charge in [-0.05, 0) is 17.7 Å². The molecule has 22 heavy (non-hydrogen) atoms. The van der Waals surface area contributed by atoms with Crippen molar-refractivity contribution in [2.45, 2.75) is 6.54 Å². The van der Waals surface area contributed by atoms with E-state index in [4.69, 9.17) is 10.5 Å². The fraction of sp³-hybridized carbons (Fsp3) is 0.143. The molecule has 0 unspecified atom stereocenters. The molecule has 0 saturated carbocycles. The first-order valence-electron chi connectivity index (χ1n) is 6.24. The largest absolute Gasteiger partial charge is 0.497 e. The van der Waals surface area contributed by atoms with Gasteiger partial charge in [-0.1, -0.05) is 12.1 Å². The van der Waals surface area contributed by atoms with E-state index in [0.29, 0.717) is 11.3 Å². The van der Waals surface area contributed by atoms with Crippen molar-refractivity contribution in [3.8, 4) is 5.75 Å². The van der Waals surface area contributed by atoms with Gasteiger partial charge in [-0.15, -0.1) is 0 Å². The second kappa shape index (κ2) is 6.08. The Morgan fingerprint density at radius 3 is 2.73 bits per heavy atom. The summed E-state index contributed by atoms with van der Waals surface area (Å²) in [5.74, 6) is -0.417. The second-order valence-electron chi connectivity index (χ2n) is 4.52. The van der Waals surface area contributed by atoms with E-state index < -0.39 is 22.0 Å². The highest BCUT2D eigenvalue weighted by atomic mass is 16.6. The third-order valence-electron chi connectivity index (χ3n) is 3.03. The second-order valence-corrected chi connectivity index (χ2v) is 4.52. The first-order valence-corrected chi connectivity index (χ1v) is 6.24. The summed E-state index contributed by atoms with van der Waals surface area (Å²) in [6, 6.07) is 7.76. The molecule has 0 spiro atoms. The van der Waals surface area contributed by atoms with Gasteiger partial charge in [0.05, 0.1) is 24.8 Å². The summed E-state index contributed by atoms with van der Waals surface area (Å²) in [5.41, 5.74) is 4.31. The number of benzene rings is 1. The summed E-state index contributed by atoms with van der Waals surface area (Å²) >= 11 is 0. The smallest absolute Gasteiger partial charge is 0.286 e. The Kier molecular flexibility index (Phi) is 4.21. The van der Waals surface area contributed by atoms with Crippen LogP contribution >= 0.6 is 0 Å². The van der Waals surface area contributed by atoms with Gasteiger partial charge in [0, 0.05) is 6.07 Å². The zero-order chi connectivity index (χ0) is 16.3. The molecule has 1 aromatic heterocycles. The van der Waals surface area contributed by atoms with E-state index in [2.05, 4.69) is 0 Å². The molecular formula is C14H13N3O5. The van der Waals surface area contributed by atoms with E-state index >= 15 is 0 Å². The average molecular weight is 303 g/mol. The van der Waals surface area contributed by atoms with Crippen LogP contribution in [-0.2, 0) is 6.54 Å². The maximum atomic E-state index is 12.2. The molecule has 0 aliphatic heterocycles. The highest BCUT2D eigenvalue weighted by Gasteiger charge is 2.17. The van der Waals surface area contributed by atoms with Gasteiger partial charge in [-0.25, -0.2) is 0 Å². The molecule has 2 aromatic rings. The average Bonchev–Trinajstić information content (AvgIpc) is 2.49. The molecule has 0 aliphatic carbocycles. The summed E-state index contributed by atoms with van der Waals surface area (Å²) in [5, 5.41) is 10.9. The Morgan fingerprint density at radius 2 is 2.14 bits per heavy atom.